The highest BCUT2D eigenvalue weighted by Crippen LogP contribution is 2.34. The summed E-state index contributed by atoms with van der Waals surface area (Å²) in [6.45, 7) is -0.533. The minimum atomic E-state index is -1.07. The van der Waals surface area contributed by atoms with Gasteiger partial charge in [-0.05, 0) is 12.1 Å². The van der Waals surface area contributed by atoms with Crippen LogP contribution in [-0.4, -0.2) is 37.2 Å². The summed E-state index contributed by atoms with van der Waals surface area (Å²) in [6.07, 6.45) is 0. The number of carboxylic acid groups (broad SMARTS) is 1. The first kappa shape index (κ1) is 11.3. The lowest BCUT2D eigenvalue weighted by Gasteiger charge is -2.28. The number of nitrogens with zero attached hydrogens (tertiary/aromatic N) is 1. The van der Waals surface area contributed by atoms with E-state index in [4.69, 9.17) is 14.6 Å². The first-order valence-electron chi connectivity index (χ1n) is 4.95. The minimum Gasteiger partial charge on any atom is -0.497 e. The number of carbonyl (C=O) groups excluding carboxylic acids is 1. The zero-order valence-electron chi connectivity index (χ0n) is 9.17. The summed E-state index contributed by atoms with van der Waals surface area (Å²) in [5.41, 5.74) is 0.449. The molecule has 17 heavy (non-hydrogen) atoms. The van der Waals surface area contributed by atoms with Crippen LogP contribution in [0.5, 0.6) is 11.5 Å². The SMILES string of the molecule is COc1ccc2c(c1)OCC(=O)N2CC(=O)O. The Morgan fingerprint density at radius 3 is 3.00 bits per heavy atom. The van der Waals surface area contributed by atoms with Gasteiger partial charge in [0.25, 0.3) is 5.91 Å². The van der Waals surface area contributed by atoms with Crippen molar-refractivity contribution in [2.24, 2.45) is 0 Å². The molecule has 1 aromatic carbocycles. The Bertz CT molecular complexity index is 471. The van der Waals surface area contributed by atoms with Gasteiger partial charge in [0, 0.05) is 6.07 Å². The topological polar surface area (TPSA) is 76.1 Å². The number of methoxy groups -OCH3 is 1. The van der Waals surface area contributed by atoms with Crippen molar-refractivity contribution >= 4 is 17.6 Å². The molecule has 1 N–H and O–H groups in total. The average molecular weight is 237 g/mol. The number of aliphatic carboxylic acids is 1. The zero-order valence-corrected chi connectivity index (χ0v) is 9.17. The van der Waals surface area contributed by atoms with Crippen molar-refractivity contribution in [1.29, 1.82) is 0 Å². The number of hydrogen-bond acceptors (Lipinski definition) is 4. The van der Waals surface area contributed by atoms with Crippen LogP contribution in [-0.2, 0) is 9.59 Å². The Kier molecular flexibility index (Phi) is 2.86. The number of carbonyl (C=O) groups is 2. The van der Waals surface area contributed by atoms with Crippen molar-refractivity contribution in [3.8, 4) is 11.5 Å². The van der Waals surface area contributed by atoms with E-state index in [0.29, 0.717) is 17.2 Å². The molecule has 0 aromatic heterocycles. The molecule has 0 spiro atoms. The van der Waals surface area contributed by atoms with Crippen molar-refractivity contribution in [2.75, 3.05) is 25.2 Å². The monoisotopic (exact) mass is 237 g/mol. The Morgan fingerprint density at radius 2 is 2.35 bits per heavy atom. The number of ether oxygens (including phenoxy) is 2. The number of carboxylic acids is 1. The van der Waals surface area contributed by atoms with Gasteiger partial charge in [0.15, 0.2) is 6.61 Å². The largest absolute Gasteiger partial charge is 0.497 e. The Hall–Kier alpha value is -2.24. The van der Waals surface area contributed by atoms with Gasteiger partial charge in [0.2, 0.25) is 0 Å². The molecule has 6 heteroatoms. The summed E-state index contributed by atoms with van der Waals surface area (Å²) in [6, 6.07) is 4.88. The molecule has 1 aliphatic heterocycles. The van der Waals surface area contributed by atoms with Gasteiger partial charge in [-0.15, -0.1) is 0 Å². The molecule has 6 nitrogen and oxygen atoms in total. The summed E-state index contributed by atoms with van der Waals surface area (Å²) >= 11 is 0. The van der Waals surface area contributed by atoms with E-state index in [-0.39, 0.29) is 19.1 Å². The third-order valence-corrected chi connectivity index (χ3v) is 2.40. The van der Waals surface area contributed by atoms with Gasteiger partial charge < -0.3 is 14.6 Å². The lowest BCUT2D eigenvalue weighted by molar-refractivity contribution is -0.137. The number of anilines is 1. The van der Waals surface area contributed by atoms with Crippen molar-refractivity contribution in [3.05, 3.63) is 18.2 Å². The normalized spacial score (nSPS) is 13.9. The average Bonchev–Trinajstić information content (AvgIpc) is 2.32. The molecule has 0 atom stereocenters. The Morgan fingerprint density at radius 1 is 1.59 bits per heavy atom. The van der Waals surface area contributed by atoms with Crippen LogP contribution in [0, 0.1) is 0 Å². The predicted octanol–water partition coefficient (Wildman–Crippen LogP) is 0.505. The second kappa shape index (κ2) is 4.32. The molecular weight excluding hydrogens is 226 g/mol. The molecule has 0 saturated heterocycles. The van der Waals surface area contributed by atoms with Gasteiger partial charge in [0.1, 0.15) is 18.0 Å². The van der Waals surface area contributed by atoms with Crippen molar-refractivity contribution < 1.29 is 24.2 Å². The highest BCUT2D eigenvalue weighted by atomic mass is 16.5. The molecule has 90 valence electrons. The number of rotatable bonds is 3. The van der Waals surface area contributed by atoms with Gasteiger partial charge >= 0.3 is 5.97 Å². The summed E-state index contributed by atoms with van der Waals surface area (Å²) < 4.78 is 10.2. The molecule has 1 heterocycles. The predicted molar refractivity (Wildman–Crippen MR) is 58.5 cm³/mol. The zero-order chi connectivity index (χ0) is 12.4. The third kappa shape index (κ3) is 2.15. The van der Waals surface area contributed by atoms with Crippen LogP contribution in [0.15, 0.2) is 18.2 Å². The second-order valence-corrected chi connectivity index (χ2v) is 3.50. The fourth-order valence-corrected chi connectivity index (χ4v) is 1.62. The number of benzene rings is 1. The fourth-order valence-electron chi connectivity index (χ4n) is 1.62. The summed E-state index contributed by atoms with van der Waals surface area (Å²) in [5.74, 6) is -0.398. The molecule has 0 saturated carbocycles. The number of hydrogen-bond donors (Lipinski definition) is 1. The molecule has 0 unspecified atom stereocenters. The van der Waals surface area contributed by atoms with Crippen LogP contribution < -0.4 is 14.4 Å². The maximum absolute atomic E-state index is 11.6. The van der Waals surface area contributed by atoms with E-state index in [2.05, 4.69) is 0 Å². The number of amides is 1. The maximum atomic E-state index is 11.6. The van der Waals surface area contributed by atoms with E-state index in [1.54, 1.807) is 18.2 Å². The summed E-state index contributed by atoms with van der Waals surface area (Å²) in [7, 11) is 1.52. The molecule has 0 fully saturated rings. The lowest BCUT2D eigenvalue weighted by atomic mass is 10.2. The van der Waals surface area contributed by atoms with E-state index in [0.717, 1.165) is 0 Å². The molecular formula is C11H11NO5. The van der Waals surface area contributed by atoms with E-state index in [1.807, 2.05) is 0 Å². The van der Waals surface area contributed by atoms with Crippen LogP contribution >= 0.6 is 0 Å². The molecule has 0 bridgehead atoms. The summed E-state index contributed by atoms with van der Waals surface area (Å²) in [4.78, 5) is 23.4. The smallest absolute Gasteiger partial charge is 0.323 e. The molecule has 0 aliphatic carbocycles. The lowest BCUT2D eigenvalue weighted by Crippen LogP contribution is -2.41. The van der Waals surface area contributed by atoms with Crippen LogP contribution in [0.4, 0.5) is 5.69 Å². The molecule has 1 aromatic rings. The molecule has 1 amide bonds. The van der Waals surface area contributed by atoms with Crippen LogP contribution in [0.3, 0.4) is 0 Å². The highest BCUT2D eigenvalue weighted by Gasteiger charge is 2.27. The van der Waals surface area contributed by atoms with Crippen molar-refractivity contribution in [1.82, 2.24) is 0 Å². The summed E-state index contributed by atoms with van der Waals surface area (Å²) in [5, 5.41) is 8.75. The maximum Gasteiger partial charge on any atom is 0.323 e. The fraction of sp³-hybridized carbons (Fsp3) is 0.273. The van der Waals surface area contributed by atoms with Crippen LogP contribution in [0.25, 0.3) is 0 Å². The van der Waals surface area contributed by atoms with Gasteiger partial charge in [-0.3, -0.25) is 14.5 Å². The van der Waals surface area contributed by atoms with E-state index < -0.39 is 5.97 Å². The second-order valence-electron chi connectivity index (χ2n) is 3.50. The van der Waals surface area contributed by atoms with Gasteiger partial charge in [0.05, 0.1) is 12.8 Å². The quantitative estimate of drug-likeness (QED) is 0.828. The molecule has 1 aliphatic rings. The van der Waals surface area contributed by atoms with Crippen molar-refractivity contribution in [2.45, 2.75) is 0 Å². The van der Waals surface area contributed by atoms with E-state index in [9.17, 15) is 9.59 Å². The molecule has 0 radical (unpaired) electrons. The molecule has 2 rings (SSSR count). The highest BCUT2D eigenvalue weighted by molar-refractivity contribution is 6.01. The van der Waals surface area contributed by atoms with Crippen LogP contribution in [0.2, 0.25) is 0 Å². The van der Waals surface area contributed by atoms with Crippen molar-refractivity contribution in [3.63, 3.8) is 0 Å². The van der Waals surface area contributed by atoms with Gasteiger partial charge in [-0.2, -0.15) is 0 Å². The first-order chi connectivity index (χ1) is 8.11. The Labute approximate surface area is 97.4 Å². The third-order valence-electron chi connectivity index (χ3n) is 2.40. The van der Waals surface area contributed by atoms with Crippen LogP contribution in [0.1, 0.15) is 0 Å². The number of fused-ring (bicyclic) bond motifs is 1. The van der Waals surface area contributed by atoms with Gasteiger partial charge in [-0.25, -0.2) is 0 Å². The Balaban J connectivity index is 2.37. The first-order valence-corrected chi connectivity index (χ1v) is 4.95. The standard InChI is InChI=1S/C11H11NO5/c1-16-7-2-3-8-9(4-7)17-6-10(13)12(8)5-11(14)15/h2-4H,5-6H2,1H3,(H,14,15). The van der Waals surface area contributed by atoms with E-state index >= 15 is 0 Å². The minimum absolute atomic E-state index is 0.159. The van der Waals surface area contributed by atoms with E-state index in [1.165, 1.54) is 12.0 Å². The van der Waals surface area contributed by atoms with Gasteiger partial charge in [-0.1, -0.05) is 0 Å².